The summed E-state index contributed by atoms with van der Waals surface area (Å²) in [7, 11) is 0. The van der Waals surface area contributed by atoms with Gasteiger partial charge < -0.3 is 9.47 Å². The number of hydrogen-bond donors (Lipinski definition) is 1. The molecule has 2 heterocycles. The van der Waals surface area contributed by atoms with Crippen LogP contribution in [-0.2, 0) is 6.42 Å². The van der Waals surface area contributed by atoms with Gasteiger partial charge in [0.25, 0.3) is 0 Å². The first kappa shape index (κ1) is 18.4. The minimum atomic E-state index is -0.400. The number of aromatic nitrogens is 3. The molecular weight excluding hydrogens is 379 g/mol. The molecule has 0 saturated heterocycles. The van der Waals surface area contributed by atoms with Crippen molar-refractivity contribution < 1.29 is 13.9 Å². The van der Waals surface area contributed by atoms with Gasteiger partial charge in [-0.15, -0.1) is 0 Å². The average molecular weight is 398 g/mol. The van der Waals surface area contributed by atoms with Crippen LogP contribution in [0.4, 0.5) is 4.39 Å². The second-order valence-electron chi connectivity index (χ2n) is 6.45. The number of hydrogen-bond acceptors (Lipinski definition) is 5. The maximum absolute atomic E-state index is 14.2. The second-order valence-corrected chi connectivity index (χ2v) is 6.84. The molecule has 0 amide bonds. The Morgan fingerprint density at radius 3 is 3.04 bits per heavy atom. The van der Waals surface area contributed by atoms with E-state index in [1.54, 1.807) is 24.4 Å². The Hall–Kier alpha value is -3.00. The Morgan fingerprint density at radius 1 is 1.43 bits per heavy atom. The molecule has 28 heavy (non-hydrogen) atoms. The van der Waals surface area contributed by atoms with Gasteiger partial charge in [0.05, 0.1) is 18.4 Å². The molecule has 0 fully saturated rings. The fourth-order valence-electron chi connectivity index (χ4n) is 3.17. The molecule has 0 saturated carbocycles. The third-order valence-electron chi connectivity index (χ3n) is 4.41. The van der Waals surface area contributed by atoms with Crippen molar-refractivity contribution in [1.29, 1.82) is 0 Å². The highest BCUT2D eigenvalue weighted by atomic mass is 32.1. The fraction of sp³-hybridized carbons (Fsp3) is 0.250. The van der Waals surface area contributed by atoms with Crippen molar-refractivity contribution in [3.8, 4) is 22.9 Å². The van der Waals surface area contributed by atoms with E-state index in [1.165, 1.54) is 10.7 Å². The number of ether oxygens (including phenoxy) is 2. The van der Waals surface area contributed by atoms with Gasteiger partial charge in [0, 0.05) is 17.5 Å². The minimum absolute atomic E-state index is 0.131. The van der Waals surface area contributed by atoms with E-state index in [1.807, 2.05) is 26.0 Å². The predicted molar refractivity (Wildman–Crippen MR) is 107 cm³/mol. The number of fused-ring (bicyclic) bond motifs is 1. The van der Waals surface area contributed by atoms with E-state index in [9.17, 15) is 4.39 Å². The Labute approximate surface area is 166 Å². The summed E-state index contributed by atoms with van der Waals surface area (Å²) in [6.07, 6.45) is 2.59. The van der Waals surface area contributed by atoms with Crippen molar-refractivity contribution in [2.75, 3.05) is 6.61 Å². The van der Waals surface area contributed by atoms with Crippen LogP contribution in [0.15, 0.2) is 41.5 Å². The van der Waals surface area contributed by atoms with Crippen LogP contribution in [0.2, 0.25) is 0 Å². The van der Waals surface area contributed by atoms with Gasteiger partial charge in [0.2, 0.25) is 4.77 Å². The lowest BCUT2D eigenvalue weighted by molar-refractivity contribution is 0.254. The molecule has 1 aromatic heterocycles. The van der Waals surface area contributed by atoms with E-state index in [0.717, 1.165) is 23.3 Å². The number of benzene rings is 2. The van der Waals surface area contributed by atoms with Crippen LogP contribution in [0, 0.1) is 10.6 Å². The Bertz CT molecular complexity index is 1110. The highest BCUT2D eigenvalue weighted by molar-refractivity contribution is 7.71. The molecule has 8 heteroatoms. The number of nitrogens with zero attached hydrogens (tertiary/aromatic N) is 3. The first-order chi connectivity index (χ1) is 13.6. The molecule has 1 aliphatic heterocycles. The summed E-state index contributed by atoms with van der Waals surface area (Å²) in [4.78, 5) is 0. The van der Waals surface area contributed by atoms with Crippen LogP contribution in [0.3, 0.4) is 0 Å². The molecule has 0 spiro atoms. The molecular formula is C20H19FN4O2S. The van der Waals surface area contributed by atoms with Crippen molar-refractivity contribution in [3.05, 3.63) is 58.1 Å². The van der Waals surface area contributed by atoms with E-state index in [4.69, 9.17) is 21.7 Å². The van der Waals surface area contributed by atoms with Gasteiger partial charge in [0.1, 0.15) is 23.4 Å². The number of halogens is 1. The molecule has 3 aromatic rings. The molecule has 1 N–H and O–H groups in total. The monoisotopic (exact) mass is 398 g/mol. The lowest BCUT2D eigenvalue weighted by atomic mass is 10.1. The zero-order valence-electron chi connectivity index (χ0n) is 15.5. The number of rotatable bonds is 5. The lowest BCUT2D eigenvalue weighted by Crippen LogP contribution is -2.05. The summed E-state index contributed by atoms with van der Waals surface area (Å²) >= 11 is 5.26. The van der Waals surface area contributed by atoms with Gasteiger partial charge in [-0.25, -0.2) is 9.49 Å². The van der Waals surface area contributed by atoms with E-state index in [2.05, 4.69) is 15.3 Å². The number of aromatic amines is 1. The van der Waals surface area contributed by atoms with Gasteiger partial charge in [0.15, 0.2) is 5.82 Å². The first-order valence-corrected chi connectivity index (χ1v) is 9.40. The summed E-state index contributed by atoms with van der Waals surface area (Å²) in [5.41, 5.74) is 2.17. The first-order valence-electron chi connectivity index (χ1n) is 9.00. The Morgan fingerprint density at radius 2 is 2.25 bits per heavy atom. The zero-order valence-corrected chi connectivity index (χ0v) is 16.3. The zero-order chi connectivity index (χ0) is 19.7. The molecule has 0 aliphatic carbocycles. The Kier molecular flexibility index (Phi) is 4.95. The van der Waals surface area contributed by atoms with Gasteiger partial charge >= 0.3 is 0 Å². The van der Waals surface area contributed by atoms with E-state index >= 15 is 0 Å². The summed E-state index contributed by atoms with van der Waals surface area (Å²) in [5.74, 6) is 1.43. The molecule has 0 unspecified atom stereocenters. The summed E-state index contributed by atoms with van der Waals surface area (Å²) in [6.45, 7) is 4.48. The van der Waals surface area contributed by atoms with Crippen molar-refractivity contribution in [3.63, 3.8) is 0 Å². The van der Waals surface area contributed by atoms with Crippen molar-refractivity contribution in [2.45, 2.75) is 26.4 Å². The molecule has 0 radical (unpaired) electrons. The van der Waals surface area contributed by atoms with Crippen LogP contribution in [-0.4, -0.2) is 33.8 Å². The van der Waals surface area contributed by atoms with Crippen LogP contribution in [0.25, 0.3) is 11.4 Å². The average Bonchev–Trinajstić information content (AvgIpc) is 3.21. The van der Waals surface area contributed by atoms with Crippen LogP contribution < -0.4 is 9.47 Å². The molecule has 1 aliphatic rings. The fourth-order valence-corrected chi connectivity index (χ4v) is 3.35. The highest BCUT2D eigenvalue weighted by Gasteiger charge is 2.21. The number of nitrogens with one attached hydrogen (secondary N) is 1. The van der Waals surface area contributed by atoms with Crippen LogP contribution in [0.5, 0.6) is 11.5 Å². The largest absolute Gasteiger partial charge is 0.493 e. The van der Waals surface area contributed by atoms with Gasteiger partial charge in [-0.2, -0.15) is 14.9 Å². The molecule has 6 nitrogen and oxygen atoms in total. The highest BCUT2D eigenvalue weighted by Crippen LogP contribution is 2.34. The van der Waals surface area contributed by atoms with Gasteiger partial charge in [-0.1, -0.05) is 12.1 Å². The standard InChI is InChI=1S/C20H19FN4O2S/c1-3-26-17-9-13-8-12(2)27-18(13)10-14(17)11-22-25-19(23-24-20(25)28)15-6-4-5-7-16(15)21/h4-7,9-12H,3,8H2,1-2H3,(H,24,28)/b22-11-/t12-/m0/s1. The molecule has 144 valence electrons. The predicted octanol–water partition coefficient (Wildman–Crippen LogP) is 4.35. The van der Waals surface area contributed by atoms with Crippen molar-refractivity contribution in [1.82, 2.24) is 14.9 Å². The molecule has 0 bridgehead atoms. The molecule has 4 rings (SSSR count). The third kappa shape index (κ3) is 3.43. The smallest absolute Gasteiger partial charge is 0.216 e. The van der Waals surface area contributed by atoms with Crippen LogP contribution in [0.1, 0.15) is 25.0 Å². The van der Waals surface area contributed by atoms with E-state index in [0.29, 0.717) is 23.7 Å². The van der Waals surface area contributed by atoms with Gasteiger partial charge in [-0.05, 0) is 50.3 Å². The van der Waals surface area contributed by atoms with Crippen LogP contribution >= 0.6 is 12.2 Å². The summed E-state index contributed by atoms with van der Waals surface area (Å²) in [5, 5.41) is 11.2. The number of H-pyrrole nitrogens is 1. The third-order valence-corrected chi connectivity index (χ3v) is 4.67. The normalized spacial score (nSPS) is 15.6. The maximum atomic E-state index is 14.2. The lowest BCUT2D eigenvalue weighted by Gasteiger charge is -2.10. The SMILES string of the molecule is CCOc1cc2c(cc1/C=N\n1c(-c3ccccc3F)n[nH]c1=S)O[C@@H](C)C2. The topological polar surface area (TPSA) is 64.4 Å². The molecule has 1 atom stereocenters. The second kappa shape index (κ2) is 7.55. The van der Waals surface area contributed by atoms with E-state index < -0.39 is 5.82 Å². The van der Waals surface area contributed by atoms with E-state index in [-0.39, 0.29) is 10.9 Å². The van der Waals surface area contributed by atoms with Gasteiger partial charge in [-0.3, -0.25) is 0 Å². The van der Waals surface area contributed by atoms with Crippen molar-refractivity contribution in [2.24, 2.45) is 5.10 Å². The summed E-state index contributed by atoms with van der Waals surface area (Å²) < 4.78 is 27.4. The summed E-state index contributed by atoms with van der Waals surface area (Å²) in [6, 6.07) is 10.2. The molecule has 2 aromatic carbocycles. The minimum Gasteiger partial charge on any atom is -0.493 e. The maximum Gasteiger partial charge on any atom is 0.216 e. The van der Waals surface area contributed by atoms with Crippen molar-refractivity contribution >= 4 is 18.4 Å². The quantitative estimate of drug-likeness (QED) is 0.513. The Balaban J connectivity index is 1.75.